The number of hydrogen-bond donors (Lipinski definition) is 2. The lowest BCUT2D eigenvalue weighted by molar-refractivity contribution is -0.136. The van der Waals surface area contributed by atoms with E-state index in [4.69, 9.17) is 9.84 Å². The molecule has 1 aromatic heterocycles. The van der Waals surface area contributed by atoms with Crippen molar-refractivity contribution in [1.29, 1.82) is 0 Å². The van der Waals surface area contributed by atoms with E-state index in [1.54, 1.807) is 13.3 Å². The molecule has 0 aliphatic rings. The van der Waals surface area contributed by atoms with Crippen molar-refractivity contribution >= 4 is 32.8 Å². The average Bonchev–Trinajstić information content (AvgIpc) is 2.63. The molecule has 0 bridgehead atoms. The minimum atomic E-state index is -0.851. The van der Waals surface area contributed by atoms with E-state index in [0.29, 0.717) is 5.75 Å². The van der Waals surface area contributed by atoms with Gasteiger partial charge in [-0.2, -0.15) is 0 Å². The molecule has 2 rings (SSSR count). The molecule has 1 aromatic carbocycles. The number of nitrogens with one attached hydrogen (secondary N) is 1. The van der Waals surface area contributed by atoms with Gasteiger partial charge in [-0.1, -0.05) is 15.9 Å². The van der Waals surface area contributed by atoms with Crippen LogP contribution >= 0.6 is 15.9 Å². The van der Waals surface area contributed by atoms with E-state index in [-0.39, 0.29) is 6.42 Å². The van der Waals surface area contributed by atoms with Crippen molar-refractivity contribution in [2.75, 3.05) is 7.11 Å². The number of carboxylic acid groups (broad SMARTS) is 1. The Morgan fingerprint density at radius 2 is 2.31 bits per heavy atom. The second-order valence-corrected chi connectivity index (χ2v) is 4.24. The third-order valence-electron chi connectivity index (χ3n) is 2.39. The van der Waals surface area contributed by atoms with Crippen molar-refractivity contribution in [3.63, 3.8) is 0 Å². The number of aromatic amines is 1. The summed E-state index contributed by atoms with van der Waals surface area (Å²) in [7, 11) is 1.58. The molecule has 0 aliphatic carbocycles. The highest BCUT2D eigenvalue weighted by atomic mass is 79.9. The molecule has 0 unspecified atom stereocenters. The number of aromatic nitrogens is 1. The Hall–Kier alpha value is -1.49. The molecule has 0 amide bonds. The highest BCUT2D eigenvalue weighted by Gasteiger charge is 2.13. The van der Waals surface area contributed by atoms with Crippen LogP contribution in [0.3, 0.4) is 0 Å². The van der Waals surface area contributed by atoms with Crippen molar-refractivity contribution in [2.24, 2.45) is 0 Å². The van der Waals surface area contributed by atoms with Crippen LogP contribution < -0.4 is 4.74 Å². The summed E-state index contributed by atoms with van der Waals surface area (Å²) in [6.07, 6.45) is 1.69. The van der Waals surface area contributed by atoms with Gasteiger partial charge in [0.05, 0.1) is 19.0 Å². The zero-order valence-electron chi connectivity index (χ0n) is 8.58. The summed E-state index contributed by atoms with van der Waals surface area (Å²) in [6.45, 7) is 0. The fraction of sp³-hybridized carbons (Fsp3) is 0.182. The van der Waals surface area contributed by atoms with Crippen LogP contribution in [0.5, 0.6) is 5.75 Å². The first-order valence-corrected chi connectivity index (χ1v) is 5.47. The number of benzene rings is 1. The van der Waals surface area contributed by atoms with Crippen molar-refractivity contribution in [3.05, 3.63) is 28.4 Å². The van der Waals surface area contributed by atoms with Crippen LogP contribution in [0.25, 0.3) is 10.9 Å². The largest absolute Gasteiger partial charge is 0.495 e. The van der Waals surface area contributed by atoms with Crippen LogP contribution in [0.4, 0.5) is 0 Å². The zero-order valence-corrected chi connectivity index (χ0v) is 10.2. The summed E-state index contributed by atoms with van der Waals surface area (Å²) < 4.78 is 6.06. The number of hydrogen-bond acceptors (Lipinski definition) is 2. The van der Waals surface area contributed by atoms with Crippen molar-refractivity contribution < 1.29 is 14.6 Å². The molecular formula is C11H10BrNO3. The average molecular weight is 284 g/mol. The standard InChI is InChI=1S/C11H10BrNO3/c1-16-8-3-2-7(12)10-6(4-9(14)15)5-13-11(8)10/h2-3,5,13H,4H2,1H3,(H,14,15). The molecule has 2 aromatic rings. The first-order chi connectivity index (χ1) is 7.63. The SMILES string of the molecule is COc1ccc(Br)c2c(CC(=O)O)c[nH]c12. The molecule has 16 heavy (non-hydrogen) atoms. The predicted molar refractivity (Wildman–Crippen MR) is 63.9 cm³/mol. The van der Waals surface area contributed by atoms with E-state index < -0.39 is 5.97 Å². The summed E-state index contributed by atoms with van der Waals surface area (Å²) in [5.41, 5.74) is 1.56. The summed E-state index contributed by atoms with van der Waals surface area (Å²) >= 11 is 3.41. The zero-order chi connectivity index (χ0) is 11.7. The smallest absolute Gasteiger partial charge is 0.307 e. The van der Waals surface area contributed by atoms with Gasteiger partial charge in [0, 0.05) is 16.1 Å². The maximum atomic E-state index is 10.7. The number of ether oxygens (including phenoxy) is 1. The second-order valence-electron chi connectivity index (χ2n) is 3.38. The lowest BCUT2D eigenvalue weighted by Gasteiger charge is -2.03. The Morgan fingerprint density at radius 3 is 2.94 bits per heavy atom. The van der Waals surface area contributed by atoms with E-state index in [1.165, 1.54) is 0 Å². The van der Waals surface area contributed by atoms with Gasteiger partial charge in [-0.3, -0.25) is 4.79 Å². The number of fused-ring (bicyclic) bond motifs is 1. The van der Waals surface area contributed by atoms with Crippen LogP contribution in [0.2, 0.25) is 0 Å². The molecule has 0 radical (unpaired) electrons. The molecule has 0 saturated carbocycles. The fourth-order valence-corrected chi connectivity index (χ4v) is 2.30. The molecule has 0 spiro atoms. The normalized spacial score (nSPS) is 10.6. The topological polar surface area (TPSA) is 62.3 Å². The molecular weight excluding hydrogens is 274 g/mol. The van der Waals surface area contributed by atoms with Gasteiger partial charge in [-0.15, -0.1) is 0 Å². The number of methoxy groups -OCH3 is 1. The number of halogens is 1. The van der Waals surface area contributed by atoms with E-state index in [9.17, 15) is 4.79 Å². The van der Waals surface area contributed by atoms with Gasteiger partial charge < -0.3 is 14.8 Å². The first-order valence-electron chi connectivity index (χ1n) is 4.67. The minimum Gasteiger partial charge on any atom is -0.495 e. The molecule has 4 nitrogen and oxygen atoms in total. The molecule has 1 heterocycles. The monoisotopic (exact) mass is 283 g/mol. The number of H-pyrrole nitrogens is 1. The molecule has 2 N–H and O–H groups in total. The van der Waals surface area contributed by atoms with Crippen LogP contribution in [0, 0.1) is 0 Å². The molecule has 0 atom stereocenters. The number of carbonyl (C=O) groups is 1. The van der Waals surface area contributed by atoms with Gasteiger partial charge in [0.2, 0.25) is 0 Å². The van der Waals surface area contributed by atoms with Crippen LogP contribution in [0.15, 0.2) is 22.8 Å². The number of aliphatic carboxylic acids is 1. The van der Waals surface area contributed by atoms with Crippen LogP contribution in [-0.2, 0) is 11.2 Å². The molecule has 0 saturated heterocycles. The summed E-state index contributed by atoms with van der Waals surface area (Å²) in [6, 6.07) is 3.67. The molecule has 5 heteroatoms. The quantitative estimate of drug-likeness (QED) is 0.910. The summed E-state index contributed by atoms with van der Waals surface area (Å²) in [5.74, 6) is -0.148. The molecule has 0 fully saturated rings. The Balaban J connectivity index is 2.65. The lowest BCUT2D eigenvalue weighted by atomic mass is 10.1. The van der Waals surface area contributed by atoms with E-state index in [2.05, 4.69) is 20.9 Å². The van der Waals surface area contributed by atoms with Crippen LogP contribution in [-0.4, -0.2) is 23.2 Å². The Bertz CT molecular complexity index is 547. The maximum absolute atomic E-state index is 10.7. The third kappa shape index (κ3) is 1.78. The predicted octanol–water partition coefficient (Wildman–Crippen LogP) is 2.57. The van der Waals surface area contributed by atoms with Crippen molar-refractivity contribution in [2.45, 2.75) is 6.42 Å². The van der Waals surface area contributed by atoms with Crippen molar-refractivity contribution in [3.8, 4) is 5.75 Å². The van der Waals surface area contributed by atoms with E-state index >= 15 is 0 Å². The van der Waals surface area contributed by atoms with Gasteiger partial charge in [0.15, 0.2) is 0 Å². The summed E-state index contributed by atoms with van der Waals surface area (Å²) in [5, 5.41) is 9.66. The molecule has 84 valence electrons. The van der Waals surface area contributed by atoms with Gasteiger partial charge in [0.1, 0.15) is 5.75 Å². The molecule has 0 aliphatic heterocycles. The minimum absolute atomic E-state index is 0.00817. The Labute approximate surface area is 100 Å². The van der Waals surface area contributed by atoms with Gasteiger partial charge >= 0.3 is 5.97 Å². The third-order valence-corrected chi connectivity index (χ3v) is 3.05. The highest BCUT2D eigenvalue weighted by molar-refractivity contribution is 9.10. The first kappa shape index (κ1) is 11.0. The Morgan fingerprint density at radius 1 is 1.56 bits per heavy atom. The van der Waals surface area contributed by atoms with Crippen LogP contribution in [0.1, 0.15) is 5.56 Å². The highest BCUT2D eigenvalue weighted by Crippen LogP contribution is 2.33. The fourth-order valence-electron chi connectivity index (χ4n) is 1.72. The van der Waals surface area contributed by atoms with E-state index in [1.807, 2.05) is 12.1 Å². The second kappa shape index (κ2) is 4.17. The Kier molecular flexibility index (Phi) is 2.87. The van der Waals surface area contributed by atoms with Gasteiger partial charge in [-0.25, -0.2) is 0 Å². The number of carboxylic acids is 1. The lowest BCUT2D eigenvalue weighted by Crippen LogP contribution is -1.99. The van der Waals surface area contributed by atoms with E-state index in [0.717, 1.165) is 20.9 Å². The maximum Gasteiger partial charge on any atom is 0.307 e. The number of rotatable bonds is 3. The summed E-state index contributed by atoms with van der Waals surface area (Å²) in [4.78, 5) is 13.8. The van der Waals surface area contributed by atoms with Gasteiger partial charge in [-0.05, 0) is 17.7 Å². The van der Waals surface area contributed by atoms with Gasteiger partial charge in [0.25, 0.3) is 0 Å². The van der Waals surface area contributed by atoms with Crippen molar-refractivity contribution in [1.82, 2.24) is 4.98 Å².